The van der Waals surface area contributed by atoms with E-state index in [9.17, 15) is 22.4 Å². The molecular formula is C19H20FN3O4S. The highest BCUT2D eigenvalue weighted by molar-refractivity contribution is 7.89. The lowest BCUT2D eigenvalue weighted by Crippen LogP contribution is -2.41. The van der Waals surface area contributed by atoms with Gasteiger partial charge in [0.25, 0.3) is 0 Å². The van der Waals surface area contributed by atoms with Gasteiger partial charge in [0.15, 0.2) is 0 Å². The van der Waals surface area contributed by atoms with Crippen molar-refractivity contribution in [2.24, 2.45) is 11.7 Å². The van der Waals surface area contributed by atoms with Crippen LogP contribution in [0.1, 0.15) is 23.2 Å². The maximum absolute atomic E-state index is 13.2. The van der Waals surface area contributed by atoms with Crippen LogP contribution in [0.2, 0.25) is 0 Å². The number of anilines is 1. The molecule has 7 nitrogen and oxygen atoms in total. The maximum Gasteiger partial charge on any atom is 0.248 e. The molecule has 1 heterocycles. The normalized spacial score (nSPS) is 15.9. The number of carbonyl (C=O) groups is 2. The molecule has 1 fully saturated rings. The number of amides is 2. The minimum absolute atomic E-state index is 0.0696. The molecule has 3 rings (SSSR count). The van der Waals surface area contributed by atoms with Gasteiger partial charge in [-0.3, -0.25) is 9.59 Å². The van der Waals surface area contributed by atoms with Gasteiger partial charge in [0, 0.05) is 30.3 Å². The van der Waals surface area contributed by atoms with Gasteiger partial charge in [0.05, 0.1) is 4.90 Å². The monoisotopic (exact) mass is 405 g/mol. The number of sulfonamides is 1. The van der Waals surface area contributed by atoms with Crippen LogP contribution in [0.25, 0.3) is 0 Å². The van der Waals surface area contributed by atoms with E-state index in [1.807, 2.05) is 0 Å². The molecule has 2 aromatic carbocycles. The highest BCUT2D eigenvalue weighted by atomic mass is 32.2. The minimum atomic E-state index is -3.72. The molecule has 0 bridgehead atoms. The fraction of sp³-hybridized carbons (Fsp3) is 0.263. The fourth-order valence-corrected chi connectivity index (χ4v) is 4.58. The Bertz CT molecular complexity index is 984. The smallest absolute Gasteiger partial charge is 0.248 e. The topological polar surface area (TPSA) is 110 Å². The second-order valence-electron chi connectivity index (χ2n) is 6.57. The number of nitrogens with two attached hydrogens (primary N) is 1. The average Bonchev–Trinajstić information content (AvgIpc) is 2.68. The van der Waals surface area contributed by atoms with Crippen LogP contribution in [0, 0.1) is 11.7 Å². The Morgan fingerprint density at radius 2 is 1.71 bits per heavy atom. The largest absolute Gasteiger partial charge is 0.366 e. The Morgan fingerprint density at radius 3 is 2.29 bits per heavy atom. The number of primary amides is 1. The molecule has 2 aromatic rings. The third kappa shape index (κ3) is 4.37. The SMILES string of the molecule is NC(=O)c1ccc(S(=O)(=O)N2CCC(C(=O)Nc3cccc(F)c3)CC2)cc1. The number of benzene rings is 2. The van der Waals surface area contributed by atoms with Crippen molar-refractivity contribution < 1.29 is 22.4 Å². The molecule has 0 aliphatic carbocycles. The standard InChI is InChI=1S/C19H20FN3O4S/c20-15-2-1-3-16(12-15)22-19(25)14-8-10-23(11-9-14)28(26,27)17-6-4-13(5-7-17)18(21)24/h1-7,12,14H,8-11H2,(H2,21,24)(H,22,25). The quantitative estimate of drug-likeness (QED) is 0.792. The number of halogens is 1. The highest BCUT2D eigenvalue weighted by Crippen LogP contribution is 2.25. The molecule has 28 heavy (non-hydrogen) atoms. The Balaban J connectivity index is 1.62. The summed E-state index contributed by atoms with van der Waals surface area (Å²) in [6.07, 6.45) is 0.722. The first-order valence-electron chi connectivity index (χ1n) is 8.74. The molecule has 0 saturated carbocycles. The van der Waals surface area contributed by atoms with E-state index < -0.39 is 21.7 Å². The van der Waals surface area contributed by atoms with Crippen LogP contribution in [-0.4, -0.2) is 37.6 Å². The van der Waals surface area contributed by atoms with Gasteiger partial charge in [0.2, 0.25) is 21.8 Å². The molecule has 0 atom stereocenters. The summed E-state index contributed by atoms with van der Waals surface area (Å²) >= 11 is 0. The molecule has 2 amide bonds. The second-order valence-corrected chi connectivity index (χ2v) is 8.50. The summed E-state index contributed by atoms with van der Waals surface area (Å²) in [5.74, 6) is -1.68. The molecule has 3 N–H and O–H groups in total. The number of piperidine rings is 1. The Morgan fingerprint density at radius 1 is 1.07 bits per heavy atom. The number of hydrogen-bond acceptors (Lipinski definition) is 4. The van der Waals surface area contributed by atoms with Crippen molar-refractivity contribution in [3.63, 3.8) is 0 Å². The summed E-state index contributed by atoms with van der Waals surface area (Å²) < 4.78 is 40.0. The van der Waals surface area contributed by atoms with Crippen LogP contribution in [0.4, 0.5) is 10.1 Å². The van der Waals surface area contributed by atoms with E-state index in [0.29, 0.717) is 18.5 Å². The number of nitrogens with zero attached hydrogens (tertiary/aromatic N) is 1. The molecule has 0 unspecified atom stereocenters. The first-order valence-corrected chi connectivity index (χ1v) is 10.2. The second kappa shape index (κ2) is 8.07. The lowest BCUT2D eigenvalue weighted by molar-refractivity contribution is -0.120. The molecule has 1 aliphatic heterocycles. The number of carbonyl (C=O) groups excluding carboxylic acids is 2. The summed E-state index contributed by atoms with van der Waals surface area (Å²) in [6.45, 7) is 0.391. The van der Waals surface area contributed by atoms with Crippen molar-refractivity contribution >= 4 is 27.5 Å². The van der Waals surface area contributed by atoms with Gasteiger partial charge in [-0.2, -0.15) is 4.31 Å². The van der Waals surface area contributed by atoms with E-state index >= 15 is 0 Å². The molecular weight excluding hydrogens is 385 g/mol. The van der Waals surface area contributed by atoms with Crippen molar-refractivity contribution in [1.82, 2.24) is 4.31 Å². The number of nitrogens with one attached hydrogen (secondary N) is 1. The molecule has 0 radical (unpaired) electrons. The Hall–Kier alpha value is -2.78. The van der Waals surface area contributed by atoms with Crippen molar-refractivity contribution in [3.05, 3.63) is 59.9 Å². The zero-order chi connectivity index (χ0) is 20.3. The zero-order valence-corrected chi connectivity index (χ0v) is 15.8. The van der Waals surface area contributed by atoms with Crippen LogP contribution in [-0.2, 0) is 14.8 Å². The van der Waals surface area contributed by atoms with E-state index in [1.165, 1.54) is 46.8 Å². The van der Waals surface area contributed by atoms with E-state index in [-0.39, 0.29) is 35.4 Å². The first kappa shape index (κ1) is 20.0. The van der Waals surface area contributed by atoms with Crippen molar-refractivity contribution in [1.29, 1.82) is 0 Å². The molecule has 1 aliphatic rings. The third-order valence-corrected chi connectivity index (χ3v) is 6.61. The summed E-state index contributed by atoms with van der Waals surface area (Å²) in [5.41, 5.74) is 5.76. The van der Waals surface area contributed by atoms with E-state index in [2.05, 4.69) is 5.32 Å². The van der Waals surface area contributed by atoms with Gasteiger partial charge >= 0.3 is 0 Å². The summed E-state index contributed by atoms with van der Waals surface area (Å²) in [4.78, 5) is 23.5. The maximum atomic E-state index is 13.2. The summed E-state index contributed by atoms with van der Waals surface area (Å²) in [6, 6.07) is 11.0. The predicted molar refractivity (Wildman–Crippen MR) is 101 cm³/mol. The molecule has 0 aromatic heterocycles. The van der Waals surface area contributed by atoms with Gasteiger partial charge in [-0.25, -0.2) is 12.8 Å². The molecule has 9 heteroatoms. The molecule has 0 spiro atoms. The van der Waals surface area contributed by atoms with Crippen LogP contribution in [0.5, 0.6) is 0 Å². The van der Waals surface area contributed by atoms with Crippen molar-refractivity contribution in [3.8, 4) is 0 Å². The first-order chi connectivity index (χ1) is 13.3. The van der Waals surface area contributed by atoms with Crippen LogP contribution < -0.4 is 11.1 Å². The third-order valence-electron chi connectivity index (χ3n) is 4.69. The van der Waals surface area contributed by atoms with E-state index in [4.69, 9.17) is 5.73 Å². The van der Waals surface area contributed by atoms with E-state index in [1.54, 1.807) is 6.07 Å². The van der Waals surface area contributed by atoms with Crippen LogP contribution in [0.3, 0.4) is 0 Å². The lowest BCUT2D eigenvalue weighted by Gasteiger charge is -2.30. The minimum Gasteiger partial charge on any atom is -0.366 e. The lowest BCUT2D eigenvalue weighted by atomic mass is 9.97. The van der Waals surface area contributed by atoms with E-state index in [0.717, 1.165) is 0 Å². The van der Waals surface area contributed by atoms with Gasteiger partial charge in [-0.15, -0.1) is 0 Å². The van der Waals surface area contributed by atoms with Crippen molar-refractivity contribution in [2.75, 3.05) is 18.4 Å². The molecule has 1 saturated heterocycles. The van der Waals surface area contributed by atoms with Gasteiger partial charge in [-0.1, -0.05) is 6.07 Å². The Labute approximate surface area is 162 Å². The van der Waals surface area contributed by atoms with Crippen molar-refractivity contribution in [2.45, 2.75) is 17.7 Å². The summed E-state index contributed by atoms with van der Waals surface area (Å²) in [5, 5.41) is 2.66. The molecule has 148 valence electrons. The number of hydrogen-bond donors (Lipinski definition) is 2. The average molecular weight is 405 g/mol. The van der Waals surface area contributed by atoms with Gasteiger partial charge in [0.1, 0.15) is 5.82 Å². The fourth-order valence-electron chi connectivity index (χ4n) is 3.11. The predicted octanol–water partition coefficient (Wildman–Crippen LogP) is 1.96. The summed E-state index contributed by atoms with van der Waals surface area (Å²) in [7, 11) is -3.72. The van der Waals surface area contributed by atoms with Gasteiger partial charge in [-0.05, 0) is 55.3 Å². The van der Waals surface area contributed by atoms with Crippen LogP contribution >= 0.6 is 0 Å². The zero-order valence-electron chi connectivity index (χ0n) is 15.0. The highest BCUT2D eigenvalue weighted by Gasteiger charge is 2.32. The van der Waals surface area contributed by atoms with Crippen LogP contribution in [0.15, 0.2) is 53.4 Å². The Kier molecular flexibility index (Phi) is 5.76. The van der Waals surface area contributed by atoms with Gasteiger partial charge < -0.3 is 11.1 Å². The number of rotatable bonds is 5.